The number of benzene rings is 2. The SMILES string of the molecule is Cc1cccc(C2CCN(c3n[n+]([O-])c4cc5c(cc4[n+]3[O-])CCC5)C2)c1C. The zero-order valence-corrected chi connectivity index (χ0v) is 16.3. The molecule has 2 aromatic carbocycles. The third-order valence-corrected chi connectivity index (χ3v) is 6.53. The fraction of sp³-hybridized carbons (Fsp3) is 0.409. The highest BCUT2D eigenvalue weighted by atomic mass is 16.5. The molecule has 5 rings (SSSR count). The van der Waals surface area contributed by atoms with Gasteiger partial charge in [0.1, 0.15) is 0 Å². The van der Waals surface area contributed by atoms with Gasteiger partial charge in [0.15, 0.2) is 5.52 Å². The predicted octanol–water partition coefficient (Wildman–Crippen LogP) is 2.60. The summed E-state index contributed by atoms with van der Waals surface area (Å²) >= 11 is 0. The Morgan fingerprint density at radius 3 is 2.61 bits per heavy atom. The molecule has 1 saturated heterocycles. The predicted molar refractivity (Wildman–Crippen MR) is 107 cm³/mol. The molecule has 1 aromatic heterocycles. The van der Waals surface area contributed by atoms with Crippen LogP contribution in [0, 0.1) is 24.3 Å². The molecule has 6 heteroatoms. The molecule has 0 bridgehead atoms. The lowest BCUT2D eigenvalue weighted by molar-refractivity contribution is -0.673. The van der Waals surface area contributed by atoms with Crippen molar-refractivity contribution in [1.82, 2.24) is 5.10 Å². The number of fused-ring (bicyclic) bond motifs is 2. The largest absolute Gasteiger partial charge is 0.739 e. The van der Waals surface area contributed by atoms with Crippen molar-refractivity contribution >= 4 is 17.0 Å². The molecule has 3 aromatic rings. The van der Waals surface area contributed by atoms with E-state index in [4.69, 9.17) is 0 Å². The van der Waals surface area contributed by atoms with Crippen LogP contribution in [0.5, 0.6) is 0 Å². The summed E-state index contributed by atoms with van der Waals surface area (Å²) in [6.07, 6.45) is 3.97. The van der Waals surface area contributed by atoms with Crippen LogP contribution in [-0.4, -0.2) is 18.2 Å². The van der Waals surface area contributed by atoms with Crippen molar-refractivity contribution in [3.8, 4) is 0 Å². The van der Waals surface area contributed by atoms with Gasteiger partial charge in [0.25, 0.3) is 5.52 Å². The average Bonchev–Trinajstić information content (AvgIpc) is 3.34. The van der Waals surface area contributed by atoms with Crippen LogP contribution in [0.2, 0.25) is 0 Å². The molecular formula is C22H24N4O2. The third-order valence-electron chi connectivity index (χ3n) is 6.53. The summed E-state index contributed by atoms with van der Waals surface area (Å²) < 4.78 is 0.855. The number of hydrogen-bond acceptors (Lipinski definition) is 4. The number of hydrogen-bond donors (Lipinski definition) is 0. The topological polar surface area (TPSA) is 70.0 Å². The van der Waals surface area contributed by atoms with Crippen LogP contribution in [0.3, 0.4) is 0 Å². The van der Waals surface area contributed by atoms with E-state index in [2.05, 4.69) is 37.1 Å². The Hall–Kier alpha value is -2.89. The monoisotopic (exact) mass is 376 g/mol. The molecule has 0 amide bonds. The number of nitrogens with zero attached hydrogens (tertiary/aromatic N) is 4. The molecular weight excluding hydrogens is 352 g/mol. The summed E-state index contributed by atoms with van der Waals surface area (Å²) in [5.74, 6) is 0.561. The summed E-state index contributed by atoms with van der Waals surface area (Å²) in [5.41, 5.74) is 7.07. The summed E-state index contributed by atoms with van der Waals surface area (Å²) in [6, 6.07) is 10.1. The smallest absolute Gasteiger partial charge is 0.463 e. The molecule has 0 radical (unpaired) electrons. The zero-order valence-electron chi connectivity index (χ0n) is 16.3. The van der Waals surface area contributed by atoms with Gasteiger partial charge in [-0.3, -0.25) is 4.90 Å². The van der Waals surface area contributed by atoms with Crippen LogP contribution in [0.1, 0.15) is 46.6 Å². The van der Waals surface area contributed by atoms with Gasteiger partial charge in [-0.1, -0.05) is 18.2 Å². The summed E-state index contributed by atoms with van der Waals surface area (Å²) in [7, 11) is 0. The Morgan fingerprint density at radius 1 is 1.07 bits per heavy atom. The summed E-state index contributed by atoms with van der Waals surface area (Å²) in [4.78, 5) is 2.59. The molecule has 2 aliphatic rings. The lowest BCUT2D eigenvalue weighted by atomic mass is 9.92. The van der Waals surface area contributed by atoms with Gasteiger partial charge in [0.05, 0.1) is 13.1 Å². The Bertz CT molecular complexity index is 1100. The van der Waals surface area contributed by atoms with E-state index in [1.54, 1.807) is 0 Å². The standard InChI is InChI=1S/C22H24N4O2/c1-14-5-3-8-19(15(14)2)18-9-10-24(13-18)22-23-26(28)21-12-17-7-4-6-16(17)11-20(21)25(22)27/h3,5,8,11-12,18H,4,6-7,9-10,13H2,1-2H3. The van der Waals surface area contributed by atoms with E-state index in [0.29, 0.717) is 28.3 Å². The Kier molecular flexibility index (Phi) is 3.89. The molecule has 0 N–H and O–H groups in total. The quantitative estimate of drug-likeness (QED) is 0.509. The summed E-state index contributed by atoms with van der Waals surface area (Å²) in [5, 5.41) is 29.8. The maximum absolute atomic E-state index is 13.1. The molecule has 28 heavy (non-hydrogen) atoms. The van der Waals surface area contributed by atoms with Gasteiger partial charge in [-0.05, 0) is 73.4 Å². The number of anilines is 1. The van der Waals surface area contributed by atoms with E-state index in [1.165, 1.54) is 27.8 Å². The molecule has 1 unspecified atom stereocenters. The zero-order chi connectivity index (χ0) is 19.4. The van der Waals surface area contributed by atoms with Gasteiger partial charge in [0, 0.05) is 16.8 Å². The number of aryl methyl sites for hydroxylation is 3. The summed E-state index contributed by atoms with van der Waals surface area (Å²) in [6.45, 7) is 5.71. The lowest BCUT2D eigenvalue weighted by Gasteiger charge is -2.17. The van der Waals surface area contributed by atoms with Crippen LogP contribution < -0.4 is 14.5 Å². The highest BCUT2D eigenvalue weighted by Crippen LogP contribution is 2.32. The minimum Gasteiger partial charge on any atom is -0.739 e. The van der Waals surface area contributed by atoms with Gasteiger partial charge in [-0.25, -0.2) is 4.73 Å². The van der Waals surface area contributed by atoms with Crippen LogP contribution >= 0.6 is 0 Å². The molecule has 1 aliphatic heterocycles. The second kappa shape index (κ2) is 6.33. The van der Waals surface area contributed by atoms with Crippen molar-refractivity contribution in [2.45, 2.75) is 45.4 Å². The Balaban J connectivity index is 1.52. The first-order valence-corrected chi connectivity index (χ1v) is 10.0. The van der Waals surface area contributed by atoms with Crippen molar-refractivity contribution in [3.05, 3.63) is 68.6 Å². The minimum atomic E-state index is 0.216. The van der Waals surface area contributed by atoms with Crippen LogP contribution in [0.25, 0.3) is 11.0 Å². The van der Waals surface area contributed by atoms with Gasteiger partial charge < -0.3 is 10.4 Å². The molecule has 1 fully saturated rings. The molecule has 1 aliphatic carbocycles. The first-order chi connectivity index (χ1) is 13.5. The molecule has 2 heterocycles. The highest BCUT2D eigenvalue weighted by molar-refractivity contribution is 5.71. The lowest BCUT2D eigenvalue weighted by Crippen LogP contribution is -2.47. The molecule has 1 atom stereocenters. The molecule has 0 spiro atoms. The Labute approximate surface area is 164 Å². The first-order valence-electron chi connectivity index (χ1n) is 10.0. The van der Waals surface area contributed by atoms with E-state index < -0.39 is 0 Å². The minimum absolute atomic E-state index is 0.216. The molecule has 144 valence electrons. The normalized spacial score (nSPS) is 18.8. The maximum Gasteiger partial charge on any atom is 0.463 e. The van der Waals surface area contributed by atoms with Crippen LogP contribution in [0.4, 0.5) is 5.95 Å². The molecule has 0 saturated carbocycles. The number of rotatable bonds is 2. The Morgan fingerprint density at radius 2 is 1.82 bits per heavy atom. The van der Waals surface area contributed by atoms with Crippen LogP contribution in [-0.2, 0) is 12.8 Å². The fourth-order valence-corrected chi connectivity index (χ4v) is 4.80. The van der Waals surface area contributed by atoms with Crippen LogP contribution in [0.15, 0.2) is 30.3 Å². The highest BCUT2D eigenvalue weighted by Gasteiger charge is 2.35. The van der Waals surface area contributed by atoms with E-state index in [-0.39, 0.29) is 5.95 Å². The fourth-order valence-electron chi connectivity index (χ4n) is 4.80. The second-order valence-corrected chi connectivity index (χ2v) is 8.15. The van der Waals surface area contributed by atoms with E-state index in [1.807, 2.05) is 17.0 Å². The first kappa shape index (κ1) is 17.2. The van der Waals surface area contributed by atoms with Crippen molar-refractivity contribution < 1.29 is 9.58 Å². The van der Waals surface area contributed by atoms with Crippen molar-refractivity contribution in [2.75, 3.05) is 18.0 Å². The van der Waals surface area contributed by atoms with Gasteiger partial charge in [-0.2, -0.15) is 0 Å². The van der Waals surface area contributed by atoms with E-state index in [9.17, 15) is 10.4 Å². The maximum atomic E-state index is 13.1. The third kappa shape index (κ3) is 2.58. The average molecular weight is 376 g/mol. The molecule has 6 nitrogen and oxygen atoms in total. The van der Waals surface area contributed by atoms with Gasteiger partial charge in [-0.15, -0.1) is 0 Å². The van der Waals surface area contributed by atoms with Gasteiger partial charge >= 0.3 is 5.95 Å². The van der Waals surface area contributed by atoms with E-state index >= 15 is 0 Å². The van der Waals surface area contributed by atoms with Gasteiger partial charge in [0.2, 0.25) is 5.10 Å². The second-order valence-electron chi connectivity index (χ2n) is 8.15. The van der Waals surface area contributed by atoms with Crippen molar-refractivity contribution in [3.63, 3.8) is 0 Å². The number of aromatic nitrogens is 3. The van der Waals surface area contributed by atoms with Crippen molar-refractivity contribution in [2.24, 2.45) is 0 Å². The van der Waals surface area contributed by atoms with Crippen molar-refractivity contribution in [1.29, 1.82) is 0 Å². The van der Waals surface area contributed by atoms with E-state index in [0.717, 1.165) is 37.0 Å².